The van der Waals surface area contributed by atoms with Crippen molar-refractivity contribution in [2.24, 2.45) is 11.1 Å². The van der Waals surface area contributed by atoms with Gasteiger partial charge in [-0.3, -0.25) is 4.79 Å². The maximum Gasteiger partial charge on any atom is 0.318 e. The number of esters is 1. The molecule has 1 heterocycles. The third-order valence-corrected chi connectivity index (χ3v) is 2.61. The molecule has 1 aliphatic heterocycles. The van der Waals surface area contributed by atoms with Gasteiger partial charge in [-0.2, -0.15) is 0 Å². The van der Waals surface area contributed by atoms with Crippen molar-refractivity contribution < 1.29 is 14.4 Å². The number of carbonyl (C=O) groups excluding carboxylic acids is 1. The molecule has 2 unspecified atom stereocenters. The van der Waals surface area contributed by atoms with E-state index >= 15 is 0 Å². The summed E-state index contributed by atoms with van der Waals surface area (Å²) in [5.41, 5.74) is 1.53. The predicted octanol–water partition coefficient (Wildman–Crippen LogP) is 1.60. The van der Waals surface area contributed by atoms with E-state index in [2.05, 4.69) is 5.16 Å². The highest BCUT2D eigenvalue weighted by atomic mass is 16.6. The molecule has 0 aromatic heterocycles. The molecule has 1 aromatic carbocycles. The van der Waals surface area contributed by atoms with Crippen LogP contribution in [0.15, 0.2) is 35.5 Å². The quantitative estimate of drug-likeness (QED) is 0.710. The normalized spacial score (nSPS) is 23.5. The highest BCUT2D eigenvalue weighted by Crippen LogP contribution is 2.23. The summed E-state index contributed by atoms with van der Waals surface area (Å²) < 4.78 is 4.76. The lowest BCUT2D eigenvalue weighted by Crippen LogP contribution is -2.30. The molecule has 2 rings (SSSR count). The van der Waals surface area contributed by atoms with Crippen LogP contribution in [-0.2, 0) is 14.4 Å². The Morgan fingerprint density at radius 2 is 2.06 bits per heavy atom. The molecular weight excluding hydrogens is 206 g/mol. The molecule has 0 spiro atoms. The Bertz CT molecular complexity index is 414. The summed E-state index contributed by atoms with van der Waals surface area (Å²) >= 11 is 0. The number of benzene rings is 1. The Kier molecular flexibility index (Phi) is 2.90. The molecule has 2 atom stereocenters. The Balaban J connectivity index is 2.31. The minimum absolute atomic E-state index is 0.275. The van der Waals surface area contributed by atoms with Crippen LogP contribution in [0, 0.1) is 5.92 Å². The van der Waals surface area contributed by atoms with Crippen molar-refractivity contribution in [3.8, 4) is 0 Å². The lowest BCUT2D eigenvalue weighted by molar-refractivity contribution is -0.145. The largest absolute Gasteiger partial charge is 0.468 e. The molecule has 16 heavy (non-hydrogen) atoms. The predicted molar refractivity (Wildman–Crippen MR) is 59.0 cm³/mol. The van der Waals surface area contributed by atoms with Gasteiger partial charge in [-0.1, -0.05) is 35.5 Å². The Morgan fingerprint density at radius 1 is 1.38 bits per heavy atom. The van der Waals surface area contributed by atoms with Crippen LogP contribution < -0.4 is 0 Å². The summed E-state index contributed by atoms with van der Waals surface area (Å²) in [6, 6.07) is 9.51. The van der Waals surface area contributed by atoms with Gasteiger partial charge in [-0.25, -0.2) is 0 Å². The average molecular weight is 219 g/mol. The van der Waals surface area contributed by atoms with Gasteiger partial charge in [0.15, 0.2) is 0 Å². The number of carbonyl (C=O) groups is 1. The maximum absolute atomic E-state index is 11.6. The van der Waals surface area contributed by atoms with Crippen molar-refractivity contribution in [1.29, 1.82) is 0 Å². The minimum Gasteiger partial charge on any atom is -0.468 e. The summed E-state index contributed by atoms with van der Waals surface area (Å²) in [7, 11) is 1.37. The second-order valence-electron chi connectivity index (χ2n) is 3.65. The molecule has 4 nitrogen and oxygen atoms in total. The number of oxime groups is 1. The Morgan fingerprint density at radius 3 is 2.69 bits per heavy atom. The van der Waals surface area contributed by atoms with Crippen LogP contribution in [0.4, 0.5) is 0 Å². The highest BCUT2D eigenvalue weighted by Gasteiger charge is 2.38. The molecule has 4 heteroatoms. The third-order valence-electron chi connectivity index (χ3n) is 2.61. The summed E-state index contributed by atoms with van der Waals surface area (Å²) in [4.78, 5) is 16.8. The maximum atomic E-state index is 11.6. The van der Waals surface area contributed by atoms with Gasteiger partial charge in [0.05, 0.1) is 7.11 Å². The Labute approximate surface area is 93.9 Å². The first-order chi connectivity index (χ1) is 7.74. The monoisotopic (exact) mass is 219 g/mol. The number of hydrogen-bond acceptors (Lipinski definition) is 4. The van der Waals surface area contributed by atoms with E-state index in [9.17, 15) is 4.79 Å². The van der Waals surface area contributed by atoms with Gasteiger partial charge in [0.1, 0.15) is 17.7 Å². The van der Waals surface area contributed by atoms with Crippen LogP contribution in [0.1, 0.15) is 12.5 Å². The summed E-state index contributed by atoms with van der Waals surface area (Å²) in [6.45, 7) is 1.81. The zero-order valence-corrected chi connectivity index (χ0v) is 9.21. The van der Waals surface area contributed by atoms with Crippen molar-refractivity contribution in [2.75, 3.05) is 7.11 Å². The molecule has 0 N–H and O–H groups in total. The molecule has 0 saturated carbocycles. The molecule has 0 radical (unpaired) electrons. The lowest BCUT2D eigenvalue weighted by Gasteiger charge is -2.12. The number of hydrogen-bond donors (Lipinski definition) is 0. The SMILES string of the molecule is COC(=O)C1C(c2ccccc2)=NOC1C. The Hall–Kier alpha value is -1.84. The topological polar surface area (TPSA) is 47.9 Å². The van der Waals surface area contributed by atoms with Gasteiger partial charge < -0.3 is 9.57 Å². The fourth-order valence-corrected chi connectivity index (χ4v) is 1.75. The zero-order valence-electron chi connectivity index (χ0n) is 9.21. The molecule has 0 bridgehead atoms. The van der Waals surface area contributed by atoms with E-state index in [1.165, 1.54) is 7.11 Å². The van der Waals surface area contributed by atoms with Gasteiger partial charge in [0.25, 0.3) is 0 Å². The highest BCUT2D eigenvalue weighted by molar-refractivity contribution is 6.12. The van der Waals surface area contributed by atoms with Gasteiger partial charge in [0.2, 0.25) is 0 Å². The zero-order chi connectivity index (χ0) is 11.5. The van der Waals surface area contributed by atoms with Gasteiger partial charge in [0, 0.05) is 5.56 Å². The molecular formula is C12H13NO3. The molecule has 1 aromatic rings. The van der Waals surface area contributed by atoms with E-state index in [-0.39, 0.29) is 12.1 Å². The van der Waals surface area contributed by atoms with Crippen molar-refractivity contribution in [3.05, 3.63) is 35.9 Å². The smallest absolute Gasteiger partial charge is 0.318 e. The fraction of sp³-hybridized carbons (Fsp3) is 0.333. The lowest BCUT2D eigenvalue weighted by atomic mass is 9.93. The van der Waals surface area contributed by atoms with Gasteiger partial charge in [-0.05, 0) is 6.92 Å². The van der Waals surface area contributed by atoms with E-state index < -0.39 is 5.92 Å². The first kappa shape index (κ1) is 10.7. The molecule has 1 aliphatic rings. The summed E-state index contributed by atoms with van der Waals surface area (Å²) in [5.74, 6) is -0.750. The van der Waals surface area contributed by atoms with E-state index in [0.29, 0.717) is 5.71 Å². The first-order valence-corrected chi connectivity index (χ1v) is 5.11. The molecule has 84 valence electrons. The number of ether oxygens (including phenoxy) is 1. The molecule has 0 saturated heterocycles. The van der Waals surface area contributed by atoms with E-state index in [1.54, 1.807) is 6.92 Å². The average Bonchev–Trinajstić information content (AvgIpc) is 2.71. The van der Waals surface area contributed by atoms with Gasteiger partial charge in [-0.15, -0.1) is 0 Å². The summed E-state index contributed by atoms with van der Waals surface area (Å²) in [5, 5.41) is 3.95. The van der Waals surface area contributed by atoms with Crippen LogP contribution in [-0.4, -0.2) is 24.9 Å². The van der Waals surface area contributed by atoms with Crippen LogP contribution >= 0.6 is 0 Å². The molecule has 0 amide bonds. The molecule has 0 fully saturated rings. The standard InChI is InChI=1S/C12H13NO3/c1-8-10(12(14)15-2)11(13-16-8)9-6-4-3-5-7-9/h3-8,10H,1-2H3. The summed E-state index contributed by atoms with van der Waals surface area (Å²) in [6.07, 6.45) is -0.275. The number of rotatable bonds is 2. The first-order valence-electron chi connectivity index (χ1n) is 5.11. The van der Waals surface area contributed by atoms with Crippen LogP contribution in [0.25, 0.3) is 0 Å². The number of nitrogens with zero attached hydrogens (tertiary/aromatic N) is 1. The van der Waals surface area contributed by atoms with Crippen molar-refractivity contribution >= 4 is 11.7 Å². The van der Waals surface area contributed by atoms with Gasteiger partial charge >= 0.3 is 5.97 Å². The van der Waals surface area contributed by atoms with Crippen LogP contribution in [0.3, 0.4) is 0 Å². The van der Waals surface area contributed by atoms with Crippen LogP contribution in [0.5, 0.6) is 0 Å². The third kappa shape index (κ3) is 1.78. The second kappa shape index (κ2) is 4.35. The number of methoxy groups -OCH3 is 1. The van der Waals surface area contributed by atoms with Crippen molar-refractivity contribution in [2.45, 2.75) is 13.0 Å². The van der Waals surface area contributed by atoms with E-state index in [1.807, 2.05) is 30.3 Å². The second-order valence-corrected chi connectivity index (χ2v) is 3.65. The molecule has 0 aliphatic carbocycles. The van der Waals surface area contributed by atoms with Crippen LogP contribution in [0.2, 0.25) is 0 Å². The van der Waals surface area contributed by atoms with Crippen molar-refractivity contribution in [1.82, 2.24) is 0 Å². The minimum atomic E-state index is -0.438. The van der Waals surface area contributed by atoms with E-state index in [4.69, 9.17) is 9.57 Å². The van der Waals surface area contributed by atoms with E-state index in [0.717, 1.165) is 5.56 Å². The van der Waals surface area contributed by atoms with Crippen molar-refractivity contribution in [3.63, 3.8) is 0 Å². The fourth-order valence-electron chi connectivity index (χ4n) is 1.75.